The highest BCUT2D eigenvalue weighted by Crippen LogP contribution is 2.47. The molecule has 3 aromatic rings. The molecule has 0 aliphatic carbocycles. The summed E-state index contributed by atoms with van der Waals surface area (Å²) in [7, 11) is 0. The molecule has 0 unspecified atom stereocenters. The lowest BCUT2D eigenvalue weighted by Crippen LogP contribution is -2.15. The van der Waals surface area contributed by atoms with Gasteiger partial charge in [0.15, 0.2) is 12.2 Å². The lowest BCUT2D eigenvalue weighted by Gasteiger charge is -2.21. The average molecular weight is 444 g/mol. The third-order valence-electron chi connectivity index (χ3n) is 5.07. The zero-order valence-electron chi connectivity index (χ0n) is 17.3. The molecule has 0 radical (unpaired) electrons. The summed E-state index contributed by atoms with van der Waals surface area (Å²) in [4.78, 5) is 21.6. The highest BCUT2D eigenvalue weighted by molar-refractivity contribution is 5.85. The summed E-state index contributed by atoms with van der Waals surface area (Å²) in [5.41, 5.74) is 2.96. The fourth-order valence-corrected chi connectivity index (χ4v) is 3.53. The van der Waals surface area contributed by atoms with Crippen LogP contribution >= 0.6 is 0 Å². The number of phenols is 1. The molecule has 0 saturated carbocycles. The number of carbonyl (C=O) groups is 2. The molecule has 1 aliphatic heterocycles. The van der Waals surface area contributed by atoms with Gasteiger partial charge in [-0.15, -0.1) is 0 Å². The molecule has 3 aromatic carbocycles. The molecule has 0 saturated heterocycles. The fraction of sp³-hybridized carbons (Fsp3) is 0.0769. The summed E-state index contributed by atoms with van der Waals surface area (Å²) >= 11 is 0. The van der Waals surface area contributed by atoms with Gasteiger partial charge in [0.2, 0.25) is 0 Å². The average Bonchev–Trinajstić information content (AvgIpc) is 3.15. The first-order chi connectivity index (χ1) is 15.9. The van der Waals surface area contributed by atoms with Gasteiger partial charge >= 0.3 is 11.9 Å². The van der Waals surface area contributed by atoms with Crippen molar-refractivity contribution in [2.45, 2.75) is 12.2 Å². The Labute approximate surface area is 189 Å². The van der Waals surface area contributed by atoms with Gasteiger partial charge in [0.1, 0.15) is 17.2 Å². The second-order valence-corrected chi connectivity index (χ2v) is 7.38. The van der Waals surface area contributed by atoms with E-state index in [1.165, 1.54) is 12.2 Å². The monoisotopic (exact) mass is 444 g/mol. The Morgan fingerprint density at radius 1 is 0.818 bits per heavy atom. The quantitative estimate of drug-likeness (QED) is 0.447. The van der Waals surface area contributed by atoms with E-state index in [0.717, 1.165) is 23.3 Å². The first-order valence-corrected chi connectivity index (χ1v) is 10.1. The molecule has 7 heteroatoms. The zero-order valence-corrected chi connectivity index (χ0v) is 17.3. The Hall–Kier alpha value is -4.52. The van der Waals surface area contributed by atoms with Gasteiger partial charge in [0, 0.05) is 17.7 Å². The third-order valence-corrected chi connectivity index (χ3v) is 5.07. The number of aromatic hydroxyl groups is 1. The lowest BCUT2D eigenvalue weighted by molar-refractivity contribution is -0.132. The molecule has 1 aliphatic rings. The van der Waals surface area contributed by atoms with E-state index >= 15 is 0 Å². The van der Waals surface area contributed by atoms with E-state index < -0.39 is 24.1 Å². The number of ether oxygens (including phenoxy) is 2. The molecule has 33 heavy (non-hydrogen) atoms. The molecule has 1 heterocycles. The summed E-state index contributed by atoms with van der Waals surface area (Å²) in [5.74, 6) is -0.762. The molecule has 0 spiro atoms. The molecular formula is C26H20O7. The number of aliphatic carboxylic acids is 2. The van der Waals surface area contributed by atoms with Crippen LogP contribution < -0.4 is 9.47 Å². The zero-order chi connectivity index (χ0) is 23.4. The summed E-state index contributed by atoms with van der Waals surface area (Å²) in [6, 6.07) is 19.0. The van der Waals surface area contributed by atoms with Crippen LogP contribution in [0.15, 0.2) is 78.9 Å². The van der Waals surface area contributed by atoms with Crippen LogP contribution in [0.2, 0.25) is 0 Å². The van der Waals surface area contributed by atoms with Crippen LogP contribution in [0.3, 0.4) is 0 Å². The van der Waals surface area contributed by atoms with Crippen LogP contribution in [0.4, 0.5) is 0 Å². The van der Waals surface area contributed by atoms with E-state index in [4.69, 9.17) is 19.7 Å². The van der Waals surface area contributed by atoms with Crippen molar-refractivity contribution in [3.8, 4) is 17.2 Å². The van der Waals surface area contributed by atoms with Crippen molar-refractivity contribution < 1.29 is 34.4 Å². The van der Waals surface area contributed by atoms with Crippen molar-refractivity contribution in [1.82, 2.24) is 0 Å². The summed E-state index contributed by atoms with van der Waals surface area (Å²) in [6.07, 6.45) is 4.07. The number of rotatable bonds is 7. The molecular weight excluding hydrogens is 424 g/mol. The van der Waals surface area contributed by atoms with Gasteiger partial charge in [-0.2, -0.15) is 0 Å². The SMILES string of the molecule is O=C(O)/C=C/c1ccc(O[C@H]2c3cc(/C=C/C(=O)O)ccc3O[C@@H]2c2ccc(O)cc2)cc1. The summed E-state index contributed by atoms with van der Waals surface area (Å²) in [6.45, 7) is 0. The van der Waals surface area contributed by atoms with Crippen LogP contribution in [0.5, 0.6) is 17.2 Å². The molecule has 166 valence electrons. The van der Waals surface area contributed by atoms with Crippen molar-refractivity contribution in [2.75, 3.05) is 0 Å². The predicted molar refractivity (Wildman–Crippen MR) is 121 cm³/mol. The maximum absolute atomic E-state index is 10.9. The second kappa shape index (κ2) is 9.32. The van der Waals surface area contributed by atoms with Gasteiger partial charge in [-0.25, -0.2) is 9.59 Å². The van der Waals surface area contributed by atoms with Gasteiger partial charge in [0.25, 0.3) is 0 Å². The van der Waals surface area contributed by atoms with Gasteiger partial charge in [-0.3, -0.25) is 0 Å². The maximum atomic E-state index is 10.9. The standard InChI is InChI=1S/C26H20O7/c27-19-8-6-18(7-9-19)25-26(32-20-10-1-16(2-11-20)4-13-23(28)29)21-15-17(5-14-24(30)31)3-12-22(21)33-25/h1-15,25-27H,(H,28,29)(H,30,31)/b13-4+,14-5+/t25-,26+/m1/s1. The number of hydrogen-bond donors (Lipinski definition) is 3. The number of carboxylic acid groups (broad SMARTS) is 2. The fourth-order valence-electron chi connectivity index (χ4n) is 3.53. The van der Waals surface area contributed by atoms with Crippen LogP contribution in [-0.4, -0.2) is 27.3 Å². The molecule has 4 rings (SSSR count). The van der Waals surface area contributed by atoms with Gasteiger partial charge < -0.3 is 24.8 Å². The minimum Gasteiger partial charge on any atom is -0.508 e. The molecule has 2 atom stereocenters. The Morgan fingerprint density at radius 3 is 2.06 bits per heavy atom. The maximum Gasteiger partial charge on any atom is 0.328 e. The lowest BCUT2D eigenvalue weighted by atomic mass is 9.98. The number of fused-ring (bicyclic) bond motifs is 1. The van der Waals surface area contributed by atoms with Crippen LogP contribution in [0, 0.1) is 0 Å². The Morgan fingerprint density at radius 2 is 1.42 bits per heavy atom. The number of hydrogen-bond acceptors (Lipinski definition) is 5. The summed E-state index contributed by atoms with van der Waals surface area (Å²) < 4.78 is 12.5. The highest BCUT2D eigenvalue weighted by Gasteiger charge is 2.37. The molecule has 0 bridgehead atoms. The Balaban J connectivity index is 1.67. The predicted octanol–water partition coefficient (Wildman–Crippen LogP) is 4.84. The minimum atomic E-state index is -1.04. The van der Waals surface area contributed by atoms with Crippen molar-refractivity contribution in [3.05, 3.63) is 101 Å². The normalized spacial score (nSPS) is 17.1. The first kappa shape index (κ1) is 21.7. The molecule has 7 nitrogen and oxygen atoms in total. The Kier molecular flexibility index (Phi) is 6.13. The van der Waals surface area contributed by atoms with Crippen molar-refractivity contribution >= 4 is 24.1 Å². The molecule has 0 fully saturated rings. The van der Waals surface area contributed by atoms with Crippen LogP contribution in [-0.2, 0) is 9.59 Å². The number of phenolic OH excluding ortho intramolecular Hbond substituents is 1. The van der Waals surface area contributed by atoms with Crippen molar-refractivity contribution in [3.63, 3.8) is 0 Å². The van der Waals surface area contributed by atoms with Crippen LogP contribution in [0.25, 0.3) is 12.2 Å². The van der Waals surface area contributed by atoms with E-state index in [2.05, 4.69) is 0 Å². The smallest absolute Gasteiger partial charge is 0.328 e. The van der Waals surface area contributed by atoms with Gasteiger partial charge in [0.05, 0.1) is 0 Å². The minimum absolute atomic E-state index is 0.137. The van der Waals surface area contributed by atoms with E-state index in [9.17, 15) is 14.7 Å². The summed E-state index contributed by atoms with van der Waals surface area (Å²) in [5, 5.41) is 27.4. The van der Waals surface area contributed by atoms with Gasteiger partial charge in [-0.1, -0.05) is 30.3 Å². The van der Waals surface area contributed by atoms with Crippen molar-refractivity contribution in [2.24, 2.45) is 0 Å². The molecule has 0 aromatic heterocycles. The molecule has 3 N–H and O–H groups in total. The third kappa shape index (κ3) is 5.22. The van der Waals surface area contributed by atoms with Gasteiger partial charge in [-0.05, 0) is 65.2 Å². The number of benzene rings is 3. The Bertz CT molecular complexity index is 1220. The largest absolute Gasteiger partial charge is 0.508 e. The first-order valence-electron chi connectivity index (χ1n) is 10.1. The van der Waals surface area contributed by atoms with E-state index in [1.807, 2.05) is 6.07 Å². The number of carboxylic acids is 2. The second-order valence-electron chi connectivity index (χ2n) is 7.38. The van der Waals surface area contributed by atoms with E-state index in [1.54, 1.807) is 60.7 Å². The van der Waals surface area contributed by atoms with Crippen molar-refractivity contribution in [1.29, 1.82) is 0 Å². The van der Waals surface area contributed by atoms with E-state index in [0.29, 0.717) is 22.6 Å². The van der Waals surface area contributed by atoms with Crippen LogP contribution in [0.1, 0.15) is 34.5 Å². The molecule has 0 amide bonds. The highest BCUT2D eigenvalue weighted by atomic mass is 16.6. The van der Waals surface area contributed by atoms with E-state index in [-0.39, 0.29) is 5.75 Å². The topological polar surface area (TPSA) is 113 Å².